The molecule has 0 unspecified atom stereocenters. The van der Waals surface area contributed by atoms with Gasteiger partial charge in [-0.2, -0.15) is 27.0 Å². The minimum absolute atomic E-state index is 0. The number of aliphatic imine (C=N–C) groups is 1. The van der Waals surface area contributed by atoms with Crippen LogP contribution in [-0.2, 0) is 35.3 Å². The van der Waals surface area contributed by atoms with Gasteiger partial charge in [0.1, 0.15) is 41.8 Å². The zero-order valence-corrected chi connectivity index (χ0v) is 48.4. The van der Waals surface area contributed by atoms with Crippen molar-refractivity contribution in [1.29, 1.82) is 0 Å². The van der Waals surface area contributed by atoms with E-state index >= 15 is 0 Å². The molecule has 4 amide bonds. The Kier molecular flexibility index (Phi) is 27.3. The average Bonchev–Trinajstić information content (AvgIpc) is 3.37. The Morgan fingerprint density at radius 3 is 1.77 bits per heavy atom. The summed E-state index contributed by atoms with van der Waals surface area (Å²) in [6.07, 6.45) is 1.96. The van der Waals surface area contributed by atoms with Crippen molar-refractivity contribution in [2.45, 2.75) is 124 Å². The molecular weight excluding hydrogens is 1040 g/mol. The van der Waals surface area contributed by atoms with Gasteiger partial charge < -0.3 is 51.3 Å². The predicted molar refractivity (Wildman–Crippen MR) is 317 cm³/mol. The number of hydrogen-bond donors (Lipinski definition) is 6. The Balaban J connectivity index is 0.00000780. The molecule has 77 heavy (non-hydrogen) atoms. The van der Waals surface area contributed by atoms with Crippen molar-refractivity contribution in [3.63, 3.8) is 0 Å². The van der Waals surface area contributed by atoms with Gasteiger partial charge in [0, 0.05) is 41.9 Å². The number of nitrogens with two attached hydrogens (primary N) is 1. The molecule has 5 aromatic rings. The highest BCUT2D eigenvalue weighted by Gasteiger charge is 2.31. The van der Waals surface area contributed by atoms with Crippen LogP contribution < -0.4 is 41.8 Å². The molecule has 0 spiro atoms. The Bertz CT molecular complexity index is 2750. The Hall–Kier alpha value is -6.37. The summed E-state index contributed by atoms with van der Waals surface area (Å²) in [4.78, 5) is 72.9. The molecule has 5 rings (SSSR count). The van der Waals surface area contributed by atoms with Gasteiger partial charge in [0.05, 0.1) is 6.61 Å². The normalized spacial score (nSPS) is 12.6. The van der Waals surface area contributed by atoms with Crippen LogP contribution in [0.25, 0.3) is 32.7 Å². The fraction of sp³-hybridized carbons (Fsp3) is 0.448. The maximum atomic E-state index is 14.5. The van der Waals surface area contributed by atoms with Crippen LogP contribution in [0.5, 0.6) is 11.5 Å². The fourth-order valence-corrected chi connectivity index (χ4v) is 8.45. The number of ether oxygens (including phenoxy) is 4. The van der Waals surface area contributed by atoms with Crippen molar-refractivity contribution >= 4 is 95.9 Å². The van der Waals surface area contributed by atoms with Crippen molar-refractivity contribution in [3.8, 4) is 22.6 Å². The van der Waals surface area contributed by atoms with Crippen LogP contribution in [0.1, 0.15) is 99.0 Å². The first-order valence-electron chi connectivity index (χ1n) is 25.9. The molecule has 0 fully saturated rings. The lowest BCUT2D eigenvalue weighted by Crippen LogP contribution is -2.56. The van der Waals surface area contributed by atoms with Crippen molar-refractivity contribution in [1.82, 2.24) is 26.6 Å². The van der Waals surface area contributed by atoms with E-state index in [0.29, 0.717) is 60.4 Å². The highest BCUT2D eigenvalue weighted by molar-refractivity contribution is 7.59. The molecule has 420 valence electrons. The van der Waals surface area contributed by atoms with Crippen LogP contribution in [0.15, 0.2) is 102 Å². The minimum atomic E-state index is -1.16. The van der Waals surface area contributed by atoms with Gasteiger partial charge >= 0.3 is 12.1 Å². The smallest absolute Gasteiger partial charge is 0.407 e. The monoisotopic (exact) mass is 1120 g/mol. The summed E-state index contributed by atoms with van der Waals surface area (Å²) < 4.78 is 24.0. The lowest BCUT2D eigenvalue weighted by Gasteiger charge is -2.26. The Morgan fingerprint density at radius 1 is 0.636 bits per heavy atom. The minimum Gasteiger partial charge on any atom is -0.493 e. The summed E-state index contributed by atoms with van der Waals surface area (Å²) in [6, 6.07) is 27.4. The number of unbranched alkanes of at least 4 members (excludes halogenated alkanes) is 1. The first kappa shape index (κ1) is 64.9. The molecule has 19 heteroatoms. The molecule has 7 N–H and O–H groups in total. The number of benzene rings is 5. The summed E-state index contributed by atoms with van der Waals surface area (Å²) in [6.45, 7) is 13.9. The number of alkyl carbamates (subject to hydrolysis) is 1. The number of carbonyl (C=O) groups is 5. The van der Waals surface area contributed by atoms with E-state index in [-0.39, 0.29) is 71.3 Å². The molecule has 0 saturated carbocycles. The number of halogens is 1. The van der Waals surface area contributed by atoms with E-state index in [2.05, 4.69) is 45.4 Å². The second-order valence-electron chi connectivity index (χ2n) is 20.3. The molecule has 5 aromatic carbocycles. The van der Waals surface area contributed by atoms with Gasteiger partial charge in [-0.05, 0) is 117 Å². The van der Waals surface area contributed by atoms with E-state index in [4.69, 9.17) is 36.3 Å². The summed E-state index contributed by atoms with van der Waals surface area (Å²) in [7, 11) is 1.54. The number of nitrogens with one attached hydrogen (secondary N) is 5. The summed E-state index contributed by atoms with van der Waals surface area (Å²) in [5, 5.41) is 18.5. The largest absolute Gasteiger partial charge is 0.493 e. The third-order valence-electron chi connectivity index (χ3n) is 12.1. The number of nitrogens with zero attached hydrogens (tertiary/aromatic N) is 1. The highest BCUT2D eigenvalue weighted by atomic mass is 35.5. The van der Waals surface area contributed by atoms with Crippen molar-refractivity contribution in [3.05, 3.63) is 108 Å². The summed E-state index contributed by atoms with van der Waals surface area (Å²) in [5.41, 5.74) is 7.37. The quantitative estimate of drug-likeness (QED) is 0.0126. The van der Waals surface area contributed by atoms with Crippen LogP contribution >= 0.6 is 38.6 Å². The number of guanidine groups is 1. The molecule has 16 nitrogen and oxygen atoms in total. The number of rotatable bonds is 27. The maximum absolute atomic E-state index is 14.5. The lowest BCUT2D eigenvalue weighted by molar-refractivity contribution is -0.150. The lowest BCUT2D eigenvalue weighted by atomic mass is 9.92. The topological polar surface area (TPSA) is 221 Å². The van der Waals surface area contributed by atoms with E-state index in [1.54, 1.807) is 45.0 Å². The van der Waals surface area contributed by atoms with Gasteiger partial charge in [-0.25, -0.2) is 9.59 Å². The Morgan fingerprint density at radius 2 is 1.18 bits per heavy atom. The number of amides is 4. The third-order valence-corrected chi connectivity index (χ3v) is 12.4. The molecular formula is C58H80ClN7O9S2. The maximum Gasteiger partial charge on any atom is 0.407 e. The molecule has 0 heterocycles. The van der Waals surface area contributed by atoms with Gasteiger partial charge in [-0.1, -0.05) is 118 Å². The molecule has 0 aliphatic carbocycles. The molecule has 0 saturated heterocycles. The molecule has 0 aliphatic heterocycles. The number of carbonyl (C=O) groups excluding carboxylic acids is 5. The van der Waals surface area contributed by atoms with Gasteiger partial charge in [-0.15, -0.1) is 0 Å². The fourth-order valence-electron chi connectivity index (χ4n) is 8.26. The van der Waals surface area contributed by atoms with E-state index in [1.165, 1.54) is 7.05 Å². The third kappa shape index (κ3) is 21.2. The summed E-state index contributed by atoms with van der Waals surface area (Å²) >= 11 is 6.33. The average molecular weight is 1120 g/mol. The van der Waals surface area contributed by atoms with Gasteiger partial charge in [-0.3, -0.25) is 19.4 Å². The van der Waals surface area contributed by atoms with Crippen LogP contribution in [0.4, 0.5) is 4.79 Å². The number of fused-ring (bicyclic) bond motifs is 2. The summed E-state index contributed by atoms with van der Waals surface area (Å²) in [5.74, 6) is -0.796. The van der Waals surface area contributed by atoms with Crippen LogP contribution in [-0.4, -0.2) is 92.8 Å². The van der Waals surface area contributed by atoms with E-state index in [1.807, 2.05) is 86.6 Å². The predicted octanol–water partition coefficient (Wildman–Crippen LogP) is 9.60. The standard InChI is InChI=1S/C58H76ClN7O9.2H2S/c1-37(2)30-33-72-48-28-26-39-18-9-12-21-42(39)51(48)52-43-22-13-10-19-40(43)27-29-49(52)73-36-50(67)64-45(24-15-16-31-63-57(71)75-58(5,6)7)53(68)65-46(25-17-32-62-56(60)61-8)54(69)66-47(34-38(3)4)55(70)74-35-41-20-11-14-23-44(41)59;;/h9-14,18-23,26-29,37-38,45-47H,15-17,24-25,30-36H2,1-8H3,(H,63,71)(H,64,67)(H,65,68)(H,66,69)(H3,60,61,62);2*1H2/t45-,46-,47+;;/m1../s1. The first-order valence-corrected chi connectivity index (χ1v) is 26.2. The zero-order valence-electron chi connectivity index (χ0n) is 45.7. The van der Waals surface area contributed by atoms with E-state index in [9.17, 15) is 24.0 Å². The SMILES string of the molecule is CN=C(N)NCCC[C@@H](NC(=O)[C@@H](CCCCNC(=O)OC(C)(C)C)NC(=O)COc1ccc2ccccc2c1-c1c(OCCC(C)C)ccc2ccccc12)C(=O)N[C@@H](CC(C)C)C(=O)OCc1ccccc1Cl.S.S. The van der Waals surface area contributed by atoms with Gasteiger partial charge in [0.25, 0.3) is 5.91 Å². The molecule has 0 bridgehead atoms. The van der Waals surface area contributed by atoms with E-state index in [0.717, 1.165) is 39.1 Å². The van der Waals surface area contributed by atoms with E-state index < -0.39 is 60.1 Å². The highest BCUT2D eigenvalue weighted by Crippen LogP contribution is 2.45. The second kappa shape index (κ2) is 32.4. The first-order chi connectivity index (χ1) is 35.8. The van der Waals surface area contributed by atoms with Crippen LogP contribution in [0, 0.1) is 11.8 Å². The molecule has 3 atom stereocenters. The molecule has 0 aliphatic rings. The molecule has 0 radical (unpaired) electrons. The van der Waals surface area contributed by atoms with Gasteiger partial charge in [0.15, 0.2) is 12.6 Å². The second-order valence-corrected chi connectivity index (χ2v) is 20.7. The van der Waals surface area contributed by atoms with Gasteiger partial charge in [0.2, 0.25) is 11.8 Å². The zero-order chi connectivity index (χ0) is 54.5. The number of esters is 1. The van der Waals surface area contributed by atoms with Crippen LogP contribution in [0.2, 0.25) is 5.02 Å². The van der Waals surface area contributed by atoms with Crippen molar-refractivity contribution < 1.29 is 42.9 Å². The Labute approximate surface area is 473 Å². The molecule has 0 aromatic heterocycles. The van der Waals surface area contributed by atoms with Crippen LogP contribution in [0.3, 0.4) is 0 Å². The van der Waals surface area contributed by atoms with Crippen molar-refractivity contribution in [2.75, 3.05) is 33.4 Å². The van der Waals surface area contributed by atoms with Crippen molar-refractivity contribution in [2.24, 2.45) is 22.6 Å². The number of hydrogen-bond acceptors (Lipinski definition) is 10.